The molecule has 0 aromatic carbocycles. The van der Waals surface area contributed by atoms with Gasteiger partial charge in [-0.25, -0.2) is 0 Å². The molecule has 2 heterocycles. The number of hydrogen-bond acceptors (Lipinski definition) is 6. The Labute approximate surface area is 129 Å². The van der Waals surface area contributed by atoms with Crippen molar-refractivity contribution in [3.05, 3.63) is 0 Å². The van der Waals surface area contributed by atoms with Gasteiger partial charge in [0.05, 0.1) is 0 Å². The second kappa shape index (κ2) is 4.65. The van der Waals surface area contributed by atoms with Crippen molar-refractivity contribution in [2.75, 3.05) is 0 Å². The van der Waals surface area contributed by atoms with Crippen molar-refractivity contribution >= 4 is 0 Å². The Bertz CT molecular complexity index is 386. The molecule has 124 valence electrons. The number of fused-ring (bicyclic) bond motifs is 2. The molecule has 0 amide bonds. The lowest BCUT2D eigenvalue weighted by Crippen LogP contribution is -2.61. The van der Waals surface area contributed by atoms with Gasteiger partial charge in [-0.15, -0.1) is 0 Å². The molecule has 2 aliphatic heterocycles. The molecule has 2 N–H and O–H groups in total. The number of aliphatic hydroxyl groups excluding tert-OH is 2. The summed E-state index contributed by atoms with van der Waals surface area (Å²) in [6.07, 6.45) is 3.90. The van der Waals surface area contributed by atoms with E-state index in [1.165, 1.54) is 0 Å². The zero-order valence-electron chi connectivity index (χ0n) is 12.6. The topological polar surface area (TPSA) is 77.4 Å². The van der Waals surface area contributed by atoms with Crippen molar-refractivity contribution in [2.24, 2.45) is 0 Å². The number of rotatable bonds is 0. The summed E-state index contributed by atoms with van der Waals surface area (Å²) in [7, 11) is 0. The van der Waals surface area contributed by atoms with Crippen LogP contribution < -0.4 is 0 Å². The van der Waals surface area contributed by atoms with Crippen LogP contribution >= 0.6 is 0 Å². The smallest absolute Gasteiger partial charge is 0.169 e. The summed E-state index contributed by atoms with van der Waals surface area (Å²) in [6, 6.07) is 0. The first-order chi connectivity index (χ1) is 10.6. The minimum atomic E-state index is -0.807. The van der Waals surface area contributed by atoms with Crippen LogP contribution in [0.3, 0.4) is 0 Å². The van der Waals surface area contributed by atoms with Gasteiger partial charge >= 0.3 is 0 Å². The van der Waals surface area contributed by atoms with Gasteiger partial charge in [0.2, 0.25) is 0 Å². The maximum Gasteiger partial charge on any atom is 0.169 e. The molecule has 0 aromatic heterocycles. The highest BCUT2D eigenvalue weighted by Gasteiger charge is 2.65. The molecule has 22 heavy (non-hydrogen) atoms. The van der Waals surface area contributed by atoms with Crippen molar-refractivity contribution < 1.29 is 29.2 Å². The first-order valence-corrected chi connectivity index (χ1v) is 8.69. The second-order valence-electron chi connectivity index (χ2n) is 7.55. The second-order valence-corrected chi connectivity index (χ2v) is 7.55. The van der Waals surface area contributed by atoms with Crippen LogP contribution in [0.5, 0.6) is 0 Å². The molecule has 2 spiro atoms. The van der Waals surface area contributed by atoms with Crippen LogP contribution in [0.25, 0.3) is 0 Å². The molecule has 3 aliphatic carbocycles. The summed E-state index contributed by atoms with van der Waals surface area (Å²) in [4.78, 5) is 0. The first kappa shape index (κ1) is 14.1. The predicted octanol–water partition coefficient (Wildman–Crippen LogP) is 0.830. The standard InChI is InChI=1S/C16H24O6/c17-9-11-12(20-15(19-11)5-1-2-6-15)10(18)14-13(9)21-16(22-14)7-3-4-8-16/h9-14,17-18H,1-8H2/t9-,10-,11-,12-,13-,14+/m1/s1. The Morgan fingerprint density at radius 1 is 0.545 bits per heavy atom. The Morgan fingerprint density at radius 3 is 1.09 bits per heavy atom. The van der Waals surface area contributed by atoms with Gasteiger partial charge in [0.1, 0.15) is 36.6 Å². The van der Waals surface area contributed by atoms with Gasteiger partial charge in [-0.3, -0.25) is 0 Å². The molecule has 0 bridgehead atoms. The zero-order valence-corrected chi connectivity index (χ0v) is 12.6. The molecule has 2 saturated heterocycles. The lowest BCUT2D eigenvalue weighted by atomic mass is 9.85. The fourth-order valence-corrected chi connectivity index (χ4v) is 5.04. The predicted molar refractivity (Wildman–Crippen MR) is 73.9 cm³/mol. The van der Waals surface area contributed by atoms with Gasteiger partial charge in [0, 0.05) is 25.7 Å². The molecule has 5 fully saturated rings. The third-order valence-electron chi connectivity index (χ3n) is 6.13. The van der Waals surface area contributed by atoms with Crippen LogP contribution in [0, 0.1) is 0 Å². The van der Waals surface area contributed by atoms with Gasteiger partial charge in [-0.1, -0.05) is 0 Å². The molecule has 6 atom stereocenters. The van der Waals surface area contributed by atoms with Crippen molar-refractivity contribution in [2.45, 2.75) is 99.6 Å². The molecular formula is C16H24O6. The SMILES string of the molecule is O[C@@H]1[C@H]2OC3(CCCC3)O[C@@H]2[C@@H](O)[C@@H]2OC3(CCCC3)O[C@H]12. The molecule has 6 nitrogen and oxygen atoms in total. The van der Waals surface area contributed by atoms with Crippen LogP contribution in [0.15, 0.2) is 0 Å². The monoisotopic (exact) mass is 312 g/mol. The molecule has 0 aromatic rings. The Morgan fingerprint density at radius 2 is 0.818 bits per heavy atom. The molecular weight excluding hydrogens is 288 g/mol. The zero-order chi connectivity index (χ0) is 14.9. The third kappa shape index (κ3) is 1.82. The highest BCUT2D eigenvalue weighted by molar-refractivity contribution is 5.09. The average Bonchev–Trinajstić information content (AvgIpc) is 3.27. The minimum absolute atomic E-state index is 0.519. The van der Waals surface area contributed by atoms with E-state index in [0.717, 1.165) is 51.4 Å². The van der Waals surface area contributed by atoms with Gasteiger partial charge < -0.3 is 29.2 Å². The summed E-state index contributed by atoms with van der Waals surface area (Å²) >= 11 is 0. The van der Waals surface area contributed by atoms with E-state index in [0.29, 0.717) is 0 Å². The number of ether oxygens (including phenoxy) is 4. The fourth-order valence-electron chi connectivity index (χ4n) is 5.04. The van der Waals surface area contributed by atoms with Crippen LogP contribution in [-0.4, -0.2) is 58.4 Å². The maximum absolute atomic E-state index is 10.7. The maximum atomic E-state index is 10.7. The quantitative estimate of drug-likeness (QED) is 0.690. The van der Waals surface area contributed by atoms with Crippen LogP contribution in [0.1, 0.15) is 51.4 Å². The van der Waals surface area contributed by atoms with Crippen molar-refractivity contribution in [1.29, 1.82) is 0 Å². The van der Waals surface area contributed by atoms with Gasteiger partial charge in [0.15, 0.2) is 11.6 Å². The summed E-state index contributed by atoms with van der Waals surface area (Å²) < 4.78 is 24.4. The first-order valence-electron chi connectivity index (χ1n) is 8.69. The third-order valence-corrected chi connectivity index (χ3v) is 6.13. The molecule has 0 unspecified atom stereocenters. The Kier molecular flexibility index (Phi) is 2.99. The van der Waals surface area contributed by atoms with E-state index in [4.69, 9.17) is 18.9 Å². The Balaban J connectivity index is 1.42. The van der Waals surface area contributed by atoms with Crippen molar-refractivity contribution in [1.82, 2.24) is 0 Å². The summed E-state index contributed by atoms with van der Waals surface area (Å²) in [5.41, 5.74) is 0. The fraction of sp³-hybridized carbons (Fsp3) is 1.00. The number of hydrogen-bond donors (Lipinski definition) is 2. The molecule has 5 aliphatic rings. The van der Waals surface area contributed by atoms with Gasteiger partial charge in [-0.2, -0.15) is 0 Å². The number of aliphatic hydroxyl groups is 2. The van der Waals surface area contributed by atoms with E-state index >= 15 is 0 Å². The van der Waals surface area contributed by atoms with E-state index in [9.17, 15) is 10.2 Å². The average molecular weight is 312 g/mol. The largest absolute Gasteiger partial charge is 0.387 e. The minimum Gasteiger partial charge on any atom is -0.387 e. The van der Waals surface area contributed by atoms with Gasteiger partial charge in [-0.05, 0) is 25.7 Å². The van der Waals surface area contributed by atoms with Crippen LogP contribution in [0.2, 0.25) is 0 Å². The van der Waals surface area contributed by atoms with E-state index in [1.54, 1.807) is 0 Å². The Hall–Kier alpha value is -0.240. The van der Waals surface area contributed by atoms with Crippen LogP contribution in [0.4, 0.5) is 0 Å². The lowest BCUT2D eigenvalue weighted by molar-refractivity contribution is -0.202. The summed E-state index contributed by atoms with van der Waals surface area (Å²) in [5.74, 6) is -1.22. The van der Waals surface area contributed by atoms with E-state index in [2.05, 4.69) is 0 Å². The normalized spacial score (nSPS) is 51.5. The lowest BCUT2D eigenvalue weighted by Gasteiger charge is -2.38. The van der Waals surface area contributed by atoms with Crippen molar-refractivity contribution in [3.8, 4) is 0 Å². The molecule has 5 rings (SSSR count). The van der Waals surface area contributed by atoms with E-state index in [-0.39, 0.29) is 0 Å². The van der Waals surface area contributed by atoms with Crippen LogP contribution in [-0.2, 0) is 18.9 Å². The molecule has 3 saturated carbocycles. The van der Waals surface area contributed by atoms with Gasteiger partial charge in [0.25, 0.3) is 0 Å². The highest BCUT2D eigenvalue weighted by Crippen LogP contribution is 2.51. The molecule has 6 heteroatoms. The van der Waals surface area contributed by atoms with E-state index in [1.807, 2.05) is 0 Å². The highest BCUT2D eigenvalue weighted by atomic mass is 16.8. The van der Waals surface area contributed by atoms with Crippen molar-refractivity contribution in [3.63, 3.8) is 0 Å². The molecule has 0 radical (unpaired) electrons. The summed E-state index contributed by atoms with van der Waals surface area (Å²) in [5, 5.41) is 21.5. The van der Waals surface area contributed by atoms with E-state index < -0.39 is 48.2 Å². The summed E-state index contributed by atoms with van der Waals surface area (Å²) in [6.45, 7) is 0.